The average molecular weight is 335 g/mol. The maximum Gasteiger partial charge on any atom is 0.200 e. The number of anilines is 1. The van der Waals surface area contributed by atoms with E-state index in [0.29, 0.717) is 30.1 Å². The van der Waals surface area contributed by atoms with Gasteiger partial charge in [0.15, 0.2) is 11.3 Å². The number of hydrogen-bond donors (Lipinski definition) is 0. The monoisotopic (exact) mass is 335 g/mol. The smallest absolute Gasteiger partial charge is 0.200 e. The first-order valence-electron chi connectivity index (χ1n) is 8.76. The Morgan fingerprint density at radius 3 is 2.56 bits per heavy atom. The summed E-state index contributed by atoms with van der Waals surface area (Å²) in [5.74, 6) is 0.627. The second kappa shape index (κ2) is 6.73. The molecule has 1 aliphatic rings. The maximum absolute atomic E-state index is 12.7. The van der Waals surface area contributed by atoms with Gasteiger partial charge in [0.25, 0.3) is 0 Å². The Hall–Kier alpha value is -2.59. The molecule has 0 bridgehead atoms. The highest BCUT2D eigenvalue weighted by atomic mass is 16.5. The van der Waals surface area contributed by atoms with Crippen LogP contribution in [0.4, 0.5) is 5.88 Å². The topological polar surface area (TPSA) is 42.7 Å². The summed E-state index contributed by atoms with van der Waals surface area (Å²) >= 11 is 0. The molecule has 0 spiro atoms. The lowest BCUT2D eigenvalue weighted by atomic mass is 9.96. The molecule has 3 aromatic rings. The molecular formula is C21H21NO3. The SMILES string of the molecule is CCc1ccccc1-c1cccc2c(=O)cc(N3CCOCC3)oc12. The van der Waals surface area contributed by atoms with Crippen molar-refractivity contribution in [2.75, 3.05) is 31.2 Å². The van der Waals surface area contributed by atoms with Gasteiger partial charge in [-0.15, -0.1) is 0 Å². The lowest BCUT2D eigenvalue weighted by Crippen LogP contribution is -2.36. The molecular weight excluding hydrogens is 314 g/mol. The number of rotatable bonds is 3. The van der Waals surface area contributed by atoms with Crippen molar-refractivity contribution >= 4 is 16.9 Å². The zero-order valence-corrected chi connectivity index (χ0v) is 14.3. The summed E-state index contributed by atoms with van der Waals surface area (Å²) in [5, 5.41) is 0.625. The fourth-order valence-corrected chi connectivity index (χ4v) is 3.41. The molecule has 1 aromatic heterocycles. The van der Waals surface area contributed by atoms with Crippen molar-refractivity contribution in [1.29, 1.82) is 0 Å². The maximum atomic E-state index is 12.7. The van der Waals surface area contributed by atoms with E-state index < -0.39 is 0 Å². The van der Waals surface area contributed by atoms with Gasteiger partial charge in [-0.3, -0.25) is 4.79 Å². The van der Waals surface area contributed by atoms with Gasteiger partial charge < -0.3 is 14.1 Å². The van der Waals surface area contributed by atoms with E-state index in [1.165, 1.54) is 5.56 Å². The predicted octanol–water partition coefficient (Wildman–Crippen LogP) is 3.86. The highest BCUT2D eigenvalue weighted by molar-refractivity contribution is 5.93. The number of para-hydroxylation sites is 1. The fourth-order valence-electron chi connectivity index (χ4n) is 3.41. The van der Waals surface area contributed by atoms with Crippen LogP contribution in [-0.4, -0.2) is 26.3 Å². The van der Waals surface area contributed by atoms with Crippen LogP contribution in [0.5, 0.6) is 0 Å². The van der Waals surface area contributed by atoms with Crippen molar-refractivity contribution < 1.29 is 9.15 Å². The van der Waals surface area contributed by atoms with E-state index in [0.717, 1.165) is 30.6 Å². The number of ether oxygens (including phenoxy) is 1. The Bertz CT molecular complexity index is 955. The molecule has 1 aliphatic heterocycles. The van der Waals surface area contributed by atoms with E-state index in [-0.39, 0.29) is 5.43 Å². The van der Waals surface area contributed by atoms with Crippen LogP contribution in [0.3, 0.4) is 0 Å². The third-order valence-electron chi connectivity index (χ3n) is 4.75. The van der Waals surface area contributed by atoms with Crippen molar-refractivity contribution in [3.8, 4) is 11.1 Å². The Kier molecular flexibility index (Phi) is 4.28. The second-order valence-corrected chi connectivity index (χ2v) is 6.24. The van der Waals surface area contributed by atoms with Gasteiger partial charge in [-0.05, 0) is 23.6 Å². The third kappa shape index (κ3) is 2.94. The van der Waals surface area contributed by atoms with Crippen LogP contribution in [0.25, 0.3) is 22.1 Å². The first-order chi connectivity index (χ1) is 12.3. The Morgan fingerprint density at radius 2 is 1.76 bits per heavy atom. The molecule has 2 aromatic carbocycles. The van der Waals surface area contributed by atoms with E-state index in [4.69, 9.17) is 9.15 Å². The standard InChI is InChI=1S/C21H21NO3/c1-2-15-6-3-4-7-16(15)17-8-5-9-18-19(23)14-20(25-21(17)18)22-10-12-24-13-11-22/h3-9,14H,2,10-13H2,1H3. The number of fused-ring (bicyclic) bond motifs is 1. The van der Waals surface area contributed by atoms with E-state index in [2.05, 4.69) is 24.0 Å². The van der Waals surface area contributed by atoms with Crippen molar-refractivity contribution in [2.45, 2.75) is 13.3 Å². The molecule has 4 rings (SSSR count). The largest absolute Gasteiger partial charge is 0.440 e. The van der Waals surface area contributed by atoms with E-state index >= 15 is 0 Å². The van der Waals surface area contributed by atoms with Crippen LogP contribution >= 0.6 is 0 Å². The molecule has 0 amide bonds. The molecule has 2 heterocycles. The predicted molar refractivity (Wildman–Crippen MR) is 100 cm³/mol. The summed E-state index contributed by atoms with van der Waals surface area (Å²) in [6.07, 6.45) is 0.931. The van der Waals surface area contributed by atoms with Crippen LogP contribution in [0.15, 0.2) is 57.7 Å². The number of benzene rings is 2. The van der Waals surface area contributed by atoms with Crippen molar-refractivity contribution in [3.63, 3.8) is 0 Å². The molecule has 0 N–H and O–H groups in total. The van der Waals surface area contributed by atoms with Crippen molar-refractivity contribution in [1.82, 2.24) is 0 Å². The molecule has 0 radical (unpaired) electrons. The van der Waals surface area contributed by atoms with Crippen molar-refractivity contribution in [2.24, 2.45) is 0 Å². The number of hydrogen-bond acceptors (Lipinski definition) is 4. The number of morpholine rings is 1. The molecule has 0 saturated carbocycles. The molecule has 128 valence electrons. The quantitative estimate of drug-likeness (QED) is 0.729. The van der Waals surface area contributed by atoms with Gasteiger partial charge in [-0.25, -0.2) is 0 Å². The summed E-state index contributed by atoms with van der Waals surface area (Å²) in [6.45, 7) is 4.92. The molecule has 1 fully saturated rings. The Morgan fingerprint density at radius 1 is 1.00 bits per heavy atom. The van der Waals surface area contributed by atoms with Gasteiger partial charge >= 0.3 is 0 Å². The van der Waals surface area contributed by atoms with Crippen LogP contribution in [0.2, 0.25) is 0 Å². The van der Waals surface area contributed by atoms with Gasteiger partial charge in [0.05, 0.1) is 18.6 Å². The molecule has 0 aliphatic carbocycles. The molecule has 1 saturated heterocycles. The normalized spacial score (nSPS) is 14.8. The van der Waals surface area contributed by atoms with E-state index in [1.54, 1.807) is 6.07 Å². The van der Waals surface area contributed by atoms with Gasteiger partial charge in [-0.1, -0.05) is 43.3 Å². The fraction of sp³-hybridized carbons (Fsp3) is 0.286. The highest BCUT2D eigenvalue weighted by Gasteiger charge is 2.17. The summed E-state index contributed by atoms with van der Waals surface area (Å²) in [5.41, 5.74) is 4.01. The third-order valence-corrected chi connectivity index (χ3v) is 4.75. The summed E-state index contributed by atoms with van der Waals surface area (Å²) < 4.78 is 11.6. The van der Waals surface area contributed by atoms with Crippen LogP contribution in [0.1, 0.15) is 12.5 Å². The van der Waals surface area contributed by atoms with Gasteiger partial charge in [0.2, 0.25) is 0 Å². The lowest BCUT2D eigenvalue weighted by molar-refractivity contribution is 0.121. The van der Waals surface area contributed by atoms with Gasteiger partial charge in [0.1, 0.15) is 5.58 Å². The first kappa shape index (κ1) is 15.9. The number of nitrogens with zero attached hydrogens (tertiary/aromatic N) is 1. The minimum atomic E-state index is -0.00132. The summed E-state index contributed by atoms with van der Waals surface area (Å²) in [6, 6.07) is 15.7. The first-order valence-corrected chi connectivity index (χ1v) is 8.76. The minimum Gasteiger partial charge on any atom is -0.440 e. The Labute approximate surface area is 146 Å². The highest BCUT2D eigenvalue weighted by Crippen LogP contribution is 2.32. The molecule has 0 atom stereocenters. The minimum absolute atomic E-state index is 0.00132. The molecule has 0 unspecified atom stereocenters. The Balaban J connectivity index is 1.93. The average Bonchev–Trinajstić information content (AvgIpc) is 2.68. The lowest BCUT2D eigenvalue weighted by Gasteiger charge is -2.27. The molecule has 4 heteroatoms. The van der Waals surface area contributed by atoms with Crippen LogP contribution in [-0.2, 0) is 11.2 Å². The van der Waals surface area contributed by atoms with Crippen molar-refractivity contribution in [3.05, 3.63) is 64.3 Å². The summed E-state index contributed by atoms with van der Waals surface area (Å²) in [7, 11) is 0. The number of aryl methyl sites for hydroxylation is 1. The van der Waals surface area contributed by atoms with Gasteiger partial charge in [0, 0.05) is 24.7 Å². The molecule has 25 heavy (non-hydrogen) atoms. The zero-order valence-electron chi connectivity index (χ0n) is 14.3. The second-order valence-electron chi connectivity index (χ2n) is 6.24. The van der Waals surface area contributed by atoms with Crippen LogP contribution < -0.4 is 10.3 Å². The van der Waals surface area contributed by atoms with E-state index in [1.807, 2.05) is 30.3 Å². The molecule has 4 nitrogen and oxygen atoms in total. The van der Waals surface area contributed by atoms with E-state index in [9.17, 15) is 4.79 Å². The van der Waals surface area contributed by atoms with Gasteiger partial charge in [-0.2, -0.15) is 0 Å². The summed E-state index contributed by atoms with van der Waals surface area (Å²) in [4.78, 5) is 14.7. The zero-order chi connectivity index (χ0) is 17.2. The van der Waals surface area contributed by atoms with Crippen LogP contribution in [0, 0.1) is 0 Å².